The fourth-order valence-corrected chi connectivity index (χ4v) is 2.63. The van der Waals surface area contributed by atoms with Gasteiger partial charge >= 0.3 is 5.97 Å². The molecule has 3 rings (SSSR count). The average Bonchev–Trinajstić information content (AvgIpc) is 2.90. The van der Waals surface area contributed by atoms with E-state index in [1.165, 1.54) is 13.2 Å². The number of cyclic esters (lactones) is 1. The van der Waals surface area contributed by atoms with Crippen molar-refractivity contribution in [3.05, 3.63) is 59.7 Å². The summed E-state index contributed by atoms with van der Waals surface area (Å²) in [5, 5.41) is 19.6. The van der Waals surface area contributed by atoms with Crippen molar-refractivity contribution in [3.63, 3.8) is 0 Å². The van der Waals surface area contributed by atoms with E-state index in [9.17, 15) is 15.0 Å². The highest BCUT2D eigenvalue weighted by Gasteiger charge is 2.29. The minimum absolute atomic E-state index is 0.0183. The Balaban J connectivity index is 1.92. The Morgan fingerprint density at radius 2 is 1.87 bits per heavy atom. The molecule has 118 valence electrons. The fourth-order valence-electron chi connectivity index (χ4n) is 2.63. The second-order valence-electron chi connectivity index (χ2n) is 5.25. The van der Waals surface area contributed by atoms with Crippen LogP contribution < -0.4 is 4.74 Å². The molecule has 0 saturated carbocycles. The summed E-state index contributed by atoms with van der Waals surface area (Å²) in [6.07, 6.45) is 1.35. The van der Waals surface area contributed by atoms with E-state index in [-0.39, 0.29) is 11.5 Å². The molecule has 1 aliphatic heterocycles. The second-order valence-corrected chi connectivity index (χ2v) is 5.25. The predicted molar refractivity (Wildman–Crippen MR) is 84.3 cm³/mol. The predicted octanol–water partition coefficient (Wildman–Crippen LogP) is 2.66. The van der Waals surface area contributed by atoms with E-state index in [1.54, 1.807) is 42.5 Å². The maximum atomic E-state index is 11.7. The van der Waals surface area contributed by atoms with Crippen LogP contribution in [-0.2, 0) is 16.0 Å². The molecular formula is C18H16O5. The summed E-state index contributed by atoms with van der Waals surface area (Å²) in [6.45, 7) is 0. The largest absolute Gasteiger partial charge is 0.508 e. The monoisotopic (exact) mass is 312 g/mol. The van der Waals surface area contributed by atoms with Crippen molar-refractivity contribution in [1.29, 1.82) is 0 Å². The van der Waals surface area contributed by atoms with Crippen molar-refractivity contribution >= 4 is 11.5 Å². The van der Waals surface area contributed by atoms with E-state index in [2.05, 4.69) is 0 Å². The van der Waals surface area contributed by atoms with Crippen molar-refractivity contribution < 1.29 is 24.5 Å². The first kappa shape index (κ1) is 15.0. The standard InChI is InChI=1S/C18H16O5/c1-22-15-4-2-3-13(18(15)21)14-10-17(20)23-16(14)9-11-5-7-12(19)8-6-11/h2-8,10,16,19,21H,9H2,1H3. The number of phenols is 2. The third-order valence-corrected chi connectivity index (χ3v) is 3.77. The topological polar surface area (TPSA) is 76.0 Å². The quantitative estimate of drug-likeness (QED) is 0.849. The molecular weight excluding hydrogens is 296 g/mol. The number of hydrogen-bond donors (Lipinski definition) is 2. The molecule has 5 nitrogen and oxygen atoms in total. The maximum Gasteiger partial charge on any atom is 0.331 e. The van der Waals surface area contributed by atoms with Gasteiger partial charge in [-0.15, -0.1) is 0 Å². The maximum absolute atomic E-state index is 11.7. The molecule has 0 aromatic heterocycles. The van der Waals surface area contributed by atoms with Crippen LogP contribution in [0.15, 0.2) is 48.5 Å². The Labute approximate surface area is 133 Å². The Kier molecular flexibility index (Phi) is 3.93. The number of esters is 1. The van der Waals surface area contributed by atoms with Crippen molar-refractivity contribution in [3.8, 4) is 17.2 Å². The molecule has 23 heavy (non-hydrogen) atoms. The van der Waals surface area contributed by atoms with Gasteiger partial charge in [0, 0.05) is 23.6 Å². The van der Waals surface area contributed by atoms with Crippen molar-refractivity contribution in [2.75, 3.05) is 7.11 Å². The Morgan fingerprint density at radius 3 is 2.57 bits per heavy atom. The van der Waals surface area contributed by atoms with Crippen LogP contribution in [0.4, 0.5) is 0 Å². The van der Waals surface area contributed by atoms with Crippen LogP contribution in [0.5, 0.6) is 17.2 Å². The summed E-state index contributed by atoms with van der Waals surface area (Å²) >= 11 is 0. The van der Waals surface area contributed by atoms with Crippen molar-refractivity contribution in [2.45, 2.75) is 12.5 Å². The summed E-state index contributed by atoms with van der Waals surface area (Å²) in [7, 11) is 1.47. The number of aromatic hydroxyl groups is 2. The molecule has 1 unspecified atom stereocenters. The zero-order valence-corrected chi connectivity index (χ0v) is 12.5. The highest BCUT2D eigenvalue weighted by atomic mass is 16.5. The molecule has 1 atom stereocenters. The number of benzene rings is 2. The molecule has 2 aromatic rings. The Morgan fingerprint density at radius 1 is 1.13 bits per heavy atom. The number of phenolic OH excluding ortho intramolecular Hbond substituents is 2. The van der Waals surface area contributed by atoms with Gasteiger partial charge in [-0.3, -0.25) is 0 Å². The first-order valence-corrected chi connectivity index (χ1v) is 7.15. The minimum atomic E-state index is -0.495. The van der Waals surface area contributed by atoms with E-state index in [0.29, 0.717) is 23.3 Å². The van der Waals surface area contributed by atoms with Gasteiger partial charge in [0.1, 0.15) is 11.9 Å². The van der Waals surface area contributed by atoms with E-state index >= 15 is 0 Å². The van der Waals surface area contributed by atoms with Gasteiger partial charge in [-0.25, -0.2) is 4.79 Å². The number of carbonyl (C=O) groups is 1. The SMILES string of the molecule is COc1cccc(C2=CC(=O)OC2Cc2ccc(O)cc2)c1O. The number of para-hydroxylation sites is 1. The second kappa shape index (κ2) is 6.04. The summed E-state index contributed by atoms with van der Waals surface area (Å²) in [4.78, 5) is 11.7. The van der Waals surface area contributed by atoms with Gasteiger partial charge in [0.05, 0.1) is 7.11 Å². The van der Waals surface area contributed by atoms with Crippen LogP contribution in [0.3, 0.4) is 0 Å². The van der Waals surface area contributed by atoms with Gasteiger partial charge in [0.2, 0.25) is 0 Å². The van der Waals surface area contributed by atoms with Gasteiger partial charge in [-0.1, -0.05) is 24.3 Å². The lowest BCUT2D eigenvalue weighted by atomic mass is 9.95. The van der Waals surface area contributed by atoms with E-state index in [1.807, 2.05) is 0 Å². The number of methoxy groups -OCH3 is 1. The molecule has 0 amide bonds. The molecule has 2 N–H and O–H groups in total. The van der Waals surface area contributed by atoms with Gasteiger partial charge in [-0.05, 0) is 23.8 Å². The molecule has 1 aliphatic rings. The summed E-state index contributed by atoms with van der Waals surface area (Å²) in [6, 6.07) is 11.8. The number of rotatable bonds is 4. The lowest BCUT2D eigenvalue weighted by Gasteiger charge is -2.16. The van der Waals surface area contributed by atoms with Crippen LogP contribution in [0, 0.1) is 0 Å². The third-order valence-electron chi connectivity index (χ3n) is 3.77. The van der Waals surface area contributed by atoms with Crippen LogP contribution in [0.25, 0.3) is 5.57 Å². The zero-order chi connectivity index (χ0) is 16.4. The lowest BCUT2D eigenvalue weighted by Crippen LogP contribution is -2.14. The fraction of sp³-hybridized carbons (Fsp3) is 0.167. The summed E-state index contributed by atoms with van der Waals surface area (Å²) < 4.78 is 10.5. The van der Waals surface area contributed by atoms with Gasteiger partial charge in [0.15, 0.2) is 11.5 Å². The molecule has 0 radical (unpaired) electrons. The smallest absolute Gasteiger partial charge is 0.331 e. The molecule has 1 heterocycles. The highest BCUT2D eigenvalue weighted by Crippen LogP contribution is 2.38. The number of ether oxygens (including phenoxy) is 2. The minimum Gasteiger partial charge on any atom is -0.508 e. The Bertz CT molecular complexity index is 761. The van der Waals surface area contributed by atoms with Crippen LogP contribution in [0.1, 0.15) is 11.1 Å². The first-order valence-electron chi connectivity index (χ1n) is 7.15. The first-order chi connectivity index (χ1) is 11.1. The molecule has 0 spiro atoms. The van der Waals surface area contributed by atoms with Gasteiger partial charge in [-0.2, -0.15) is 0 Å². The van der Waals surface area contributed by atoms with Crippen LogP contribution in [-0.4, -0.2) is 29.4 Å². The summed E-state index contributed by atoms with van der Waals surface area (Å²) in [5.41, 5.74) is 2.04. The van der Waals surface area contributed by atoms with Crippen LogP contribution >= 0.6 is 0 Å². The molecule has 5 heteroatoms. The normalized spacial score (nSPS) is 16.8. The molecule has 0 bridgehead atoms. The summed E-state index contributed by atoms with van der Waals surface area (Å²) in [5.74, 6) is 0.0609. The molecule has 2 aromatic carbocycles. The van der Waals surface area contributed by atoms with E-state index in [4.69, 9.17) is 9.47 Å². The number of carbonyl (C=O) groups excluding carboxylic acids is 1. The molecule has 0 aliphatic carbocycles. The lowest BCUT2D eigenvalue weighted by molar-refractivity contribution is -0.138. The third kappa shape index (κ3) is 2.99. The molecule has 0 saturated heterocycles. The van der Waals surface area contributed by atoms with E-state index in [0.717, 1.165) is 5.56 Å². The van der Waals surface area contributed by atoms with Crippen molar-refractivity contribution in [2.24, 2.45) is 0 Å². The molecule has 0 fully saturated rings. The Hall–Kier alpha value is -2.95. The van der Waals surface area contributed by atoms with Gasteiger partial charge in [0.25, 0.3) is 0 Å². The van der Waals surface area contributed by atoms with Gasteiger partial charge < -0.3 is 19.7 Å². The van der Waals surface area contributed by atoms with Crippen molar-refractivity contribution in [1.82, 2.24) is 0 Å². The van der Waals surface area contributed by atoms with Crippen LogP contribution in [0.2, 0.25) is 0 Å². The van der Waals surface area contributed by atoms with E-state index < -0.39 is 12.1 Å². The highest BCUT2D eigenvalue weighted by molar-refractivity contribution is 5.98. The zero-order valence-electron chi connectivity index (χ0n) is 12.5. The number of hydrogen-bond acceptors (Lipinski definition) is 5. The average molecular weight is 312 g/mol.